The van der Waals surface area contributed by atoms with Crippen LogP contribution in [0.2, 0.25) is 0 Å². The van der Waals surface area contributed by atoms with Crippen molar-refractivity contribution < 1.29 is 0 Å². The van der Waals surface area contributed by atoms with Gasteiger partial charge in [0.1, 0.15) is 5.82 Å². The number of hydrogen-bond donors (Lipinski definition) is 2. The van der Waals surface area contributed by atoms with Crippen LogP contribution in [-0.2, 0) is 0 Å². The minimum Gasteiger partial charge on any atom is -0.370 e. The molecule has 0 aliphatic rings. The number of nitrogens with zero attached hydrogens (tertiary/aromatic N) is 2. The lowest BCUT2D eigenvalue weighted by molar-refractivity contribution is 0.606. The van der Waals surface area contributed by atoms with Gasteiger partial charge in [0.25, 0.3) is 0 Å². The third-order valence-corrected chi connectivity index (χ3v) is 2.91. The van der Waals surface area contributed by atoms with E-state index >= 15 is 0 Å². The van der Waals surface area contributed by atoms with E-state index in [9.17, 15) is 0 Å². The van der Waals surface area contributed by atoms with Crippen molar-refractivity contribution in [2.75, 3.05) is 17.2 Å². The van der Waals surface area contributed by atoms with Crippen LogP contribution in [0.25, 0.3) is 0 Å². The molecule has 0 aliphatic carbocycles. The molecule has 0 bridgehead atoms. The van der Waals surface area contributed by atoms with Crippen molar-refractivity contribution in [2.45, 2.75) is 27.2 Å². The summed E-state index contributed by atoms with van der Waals surface area (Å²) in [6, 6.07) is 11.9. The van der Waals surface area contributed by atoms with Crippen LogP contribution in [0.4, 0.5) is 17.5 Å². The zero-order chi connectivity index (χ0) is 14.4. The average Bonchev–Trinajstić information content (AvgIpc) is 2.38. The molecule has 0 atom stereocenters. The maximum absolute atomic E-state index is 4.49. The van der Waals surface area contributed by atoms with E-state index < -0.39 is 0 Å². The zero-order valence-corrected chi connectivity index (χ0v) is 12.4. The van der Waals surface area contributed by atoms with Crippen LogP contribution in [0.15, 0.2) is 36.4 Å². The van der Waals surface area contributed by atoms with E-state index in [1.807, 2.05) is 43.3 Å². The van der Waals surface area contributed by atoms with Gasteiger partial charge in [0, 0.05) is 24.0 Å². The lowest BCUT2D eigenvalue weighted by atomic mass is 10.1. The van der Waals surface area contributed by atoms with Crippen molar-refractivity contribution in [3.05, 3.63) is 42.1 Å². The first-order chi connectivity index (χ1) is 9.63. The van der Waals surface area contributed by atoms with E-state index in [0.29, 0.717) is 11.9 Å². The molecule has 0 radical (unpaired) electrons. The third kappa shape index (κ3) is 4.53. The van der Waals surface area contributed by atoms with Crippen molar-refractivity contribution >= 4 is 17.5 Å². The van der Waals surface area contributed by atoms with E-state index in [4.69, 9.17) is 0 Å². The molecule has 0 aliphatic heterocycles. The maximum atomic E-state index is 4.49. The number of nitrogens with one attached hydrogen (secondary N) is 2. The van der Waals surface area contributed by atoms with E-state index in [-0.39, 0.29) is 0 Å². The van der Waals surface area contributed by atoms with Gasteiger partial charge in [-0.05, 0) is 31.4 Å². The molecule has 106 valence electrons. The molecular weight excluding hydrogens is 248 g/mol. The summed E-state index contributed by atoms with van der Waals surface area (Å²) in [6.45, 7) is 7.34. The lowest BCUT2D eigenvalue weighted by Gasteiger charge is -2.10. The quantitative estimate of drug-likeness (QED) is 0.833. The van der Waals surface area contributed by atoms with Gasteiger partial charge in [-0.3, -0.25) is 0 Å². The van der Waals surface area contributed by atoms with Crippen LogP contribution in [0.1, 0.15) is 26.0 Å². The molecule has 20 heavy (non-hydrogen) atoms. The number of aromatic nitrogens is 2. The fourth-order valence-electron chi connectivity index (χ4n) is 1.85. The summed E-state index contributed by atoms with van der Waals surface area (Å²) < 4.78 is 0. The second-order valence-corrected chi connectivity index (χ2v) is 5.32. The smallest absolute Gasteiger partial charge is 0.229 e. The third-order valence-electron chi connectivity index (χ3n) is 2.91. The molecule has 2 N–H and O–H groups in total. The van der Waals surface area contributed by atoms with Crippen LogP contribution in [-0.4, -0.2) is 16.5 Å². The van der Waals surface area contributed by atoms with Crippen LogP contribution >= 0.6 is 0 Å². The fourth-order valence-corrected chi connectivity index (χ4v) is 1.85. The molecule has 0 amide bonds. The average molecular weight is 270 g/mol. The Kier molecular flexibility index (Phi) is 4.93. The van der Waals surface area contributed by atoms with Crippen molar-refractivity contribution in [1.29, 1.82) is 0 Å². The minimum atomic E-state index is 0.628. The Morgan fingerprint density at radius 2 is 1.85 bits per heavy atom. The summed E-state index contributed by atoms with van der Waals surface area (Å²) in [5.74, 6) is 2.19. The van der Waals surface area contributed by atoms with Gasteiger partial charge in [-0.25, -0.2) is 4.98 Å². The zero-order valence-electron chi connectivity index (χ0n) is 12.4. The highest BCUT2D eigenvalue weighted by Crippen LogP contribution is 2.15. The van der Waals surface area contributed by atoms with Crippen molar-refractivity contribution in [2.24, 2.45) is 5.92 Å². The fraction of sp³-hybridized carbons (Fsp3) is 0.375. The van der Waals surface area contributed by atoms with Crippen LogP contribution in [0.5, 0.6) is 0 Å². The molecule has 2 rings (SSSR count). The van der Waals surface area contributed by atoms with Crippen molar-refractivity contribution in [1.82, 2.24) is 9.97 Å². The lowest BCUT2D eigenvalue weighted by Crippen LogP contribution is -2.08. The highest BCUT2D eigenvalue weighted by molar-refractivity contribution is 5.54. The normalized spacial score (nSPS) is 10.6. The van der Waals surface area contributed by atoms with Gasteiger partial charge in [0.2, 0.25) is 5.95 Å². The number of rotatable bonds is 6. The first kappa shape index (κ1) is 14.3. The summed E-state index contributed by atoms with van der Waals surface area (Å²) in [5, 5.41) is 6.57. The molecule has 1 aromatic carbocycles. The summed E-state index contributed by atoms with van der Waals surface area (Å²) in [5.41, 5.74) is 1.94. The van der Waals surface area contributed by atoms with Crippen LogP contribution in [0.3, 0.4) is 0 Å². The monoisotopic (exact) mass is 270 g/mol. The predicted molar refractivity (Wildman–Crippen MR) is 84.4 cm³/mol. The Bertz CT molecular complexity index is 537. The molecule has 4 heteroatoms. The van der Waals surface area contributed by atoms with Gasteiger partial charge < -0.3 is 10.6 Å². The van der Waals surface area contributed by atoms with E-state index in [1.165, 1.54) is 0 Å². The Morgan fingerprint density at radius 3 is 2.55 bits per heavy atom. The molecule has 0 unspecified atom stereocenters. The molecule has 1 aromatic heterocycles. The second-order valence-electron chi connectivity index (χ2n) is 5.32. The standard InChI is InChI=1S/C16H22N4/c1-12(2)9-10-17-15-11-13(3)18-16(20-15)19-14-7-5-4-6-8-14/h4-8,11-12H,9-10H2,1-3H3,(H2,17,18,19,20). The van der Waals surface area contributed by atoms with E-state index in [0.717, 1.165) is 30.2 Å². The Balaban J connectivity index is 2.04. The molecule has 0 spiro atoms. The molecule has 0 saturated heterocycles. The van der Waals surface area contributed by atoms with Gasteiger partial charge >= 0.3 is 0 Å². The number of para-hydroxylation sites is 1. The van der Waals surface area contributed by atoms with Crippen LogP contribution < -0.4 is 10.6 Å². The van der Waals surface area contributed by atoms with Gasteiger partial charge in [-0.15, -0.1) is 0 Å². The Morgan fingerprint density at radius 1 is 1.10 bits per heavy atom. The summed E-state index contributed by atoms with van der Waals surface area (Å²) >= 11 is 0. The molecule has 2 aromatic rings. The summed E-state index contributed by atoms with van der Waals surface area (Å²) in [6.07, 6.45) is 1.13. The van der Waals surface area contributed by atoms with E-state index in [1.54, 1.807) is 0 Å². The van der Waals surface area contributed by atoms with Crippen LogP contribution in [0, 0.1) is 12.8 Å². The number of anilines is 3. The first-order valence-electron chi connectivity index (χ1n) is 7.05. The minimum absolute atomic E-state index is 0.628. The van der Waals surface area contributed by atoms with Crippen molar-refractivity contribution in [3.8, 4) is 0 Å². The number of aryl methyl sites for hydroxylation is 1. The Labute approximate surface area is 120 Å². The topological polar surface area (TPSA) is 49.8 Å². The summed E-state index contributed by atoms with van der Waals surface area (Å²) in [7, 11) is 0. The van der Waals surface area contributed by atoms with Gasteiger partial charge in [0.15, 0.2) is 0 Å². The Hall–Kier alpha value is -2.10. The molecule has 0 saturated carbocycles. The number of benzene rings is 1. The molecule has 1 heterocycles. The largest absolute Gasteiger partial charge is 0.370 e. The SMILES string of the molecule is Cc1cc(NCCC(C)C)nc(Nc2ccccc2)n1. The van der Waals surface area contributed by atoms with E-state index in [2.05, 4.69) is 34.4 Å². The summed E-state index contributed by atoms with van der Waals surface area (Å²) in [4.78, 5) is 8.90. The van der Waals surface area contributed by atoms with Crippen molar-refractivity contribution in [3.63, 3.8) is 0 Å². The second kappa shape index (κ2) is 6.89. The molecular formula is C16H22N4. The van der Waals surface area contributed by atoms with Gasteiger partial charge in [0.05, 0.1) is 0 Å². The van der Waals surface area contributed by atoms with Gasteiger partial charge in [-0.2, -0.15) is 4.98 Å². The number of hydrogen-bond acceptors (Lipinski definition) is 4. The predicted octanol–water partition coefficient (Wildman–Crippen LogP) is 3.99. The highest BCUT2D eigenvalue weighted by Gasteiger charge is 2.03. The van der Waals surface area contributed by atoms with Gasteiger partial charge in [-0.1, -0.05) is 32.0 Å². The molecule has 0 fully saturated rings. The molecule has 4 nitrogen and oxygen atoms in total. The highest BCUT2D eigenvalue weighted by atomic mass is 15.1. The first-order valence-corrected chi connectivity index (χ1v) is 7.05. The maximum Gasteiger partial charge on any atom is 0.229 e.